The molecule has 2 amide bonds. The standard InChI is InChI=1S/C27H23N3O3/c31-18-23(15-19-7-2-1-3-8-19)30-27(33)25-14-13-22(17-28-25)26(32)29-16-21-11-6-10-20-9-4-5-12-24(20)21/h1-14,17-18,23H,15-16H2,(H,29,32)(H,30,33). The number of carbonyl (C=O) groups is 3. The Balaban J connectivity index is 1.36. The molecule has 3 aromatic carbocycles. The SMILES string of the molecule is O=CC(Cc1ccccc1)NC(=O)c1ccc(C(=O)NCc2cccc3ccccc23)cn1. The molecule has 0 fully saturated rings. The van der Waals surface area contributed by atoms with Gasteiger partial charge in [-0.3, -0.25) is 14.6 Å². The summed E-state index contributed by atoms with van der Waals surface area (Å²) >= 11 is 0. The summed E-state index contributed by atoms with van der Waals surface area (Å²) in [4.78, 5) is 40.6. The highest BCUT2D eigenvalue weighted by atomic mass is 16.2. The molecule has 0 saturated heterocycles. The number of carbonyl (C=O) groups excluding carboxylic acids is 3. The zero-order valence-electron chi connectivity index (χ0n) is 17.9. The zero-order chi connectivity index (χ0) is 23.0. The number of rotatable bonds is 8. The summed E-state index contributed by atoms with van der Waals surface area (Å²) in [6.07, 6.45) is 2.46. The molecular weight excluding hydrogens is 414 g/mol. The minimum Gasteiger partial charge on any atom is -0.348 e. The Hall–Kier alpha value is -4.32. The van der Waals surface area contributed by atoms with Crippen LogP contribution in [0.1, 0.15) is 32.0 Å². The summed E-state index contributed by atoms with van der Waals surface area (Å²) in [6.45, 7) is 0.378. The molecule has 0 bridgehead atoms. The van der Waals surface area contributed by atoms with Crippen LogP contribution in [0.2, 0.25) is 0 Å². The number of nitrogens with one attached hydrogen (secondary N) is 2. The van der Waals surface area contributed by atoms with Crippen molar-refractivity contribution in [3.63, 3.8) is 0 Å². The fraction of sp³-hybridized carbons (Fsp3) is 0.111. The highest BCUT2D eigenvalue weighted by molar-refractivity contribution is 5.97. The van der Waals surface area contributed by atoms with Gasteiger partial charge in [-0.1, -0.05) is 72.8 Å². The third kappa shape index (κ3) is 5.49. The first-order valence-electron chi connectivity index (χ1n) is 10.6. The fourth-order valence-corrected chi connectivity index (χ4v) is 3.63. The van der Waals surface area contributed by atoms with E-state index in [9.17, 15) is 14.4 Å². The third-order valence-corrected chi connectivity index (χ3v) is 5.36. The van der Waals surface area contributed by atoms with Crippen molar-refractivity contribution >= 4 is 28.9 Å². The van der Waals surface area contributed by atoms with Gasteiger partial charge in [-0.15, -0.1) is 0 Å². The van der Waals surface area contributed by atoms with E-state index in [0.29, 0.717) is 24.8 Å². The molecule has 4 rings (SSSR count). The lowest BCUT2D eigenvalue weighted by Gasteiger charge is -2.13. The van der Waals surface area contributed by atoms with E-state index in [2.05, 4.69) is 15.6 Å². The van der Waals surface area contributed by atoms with Crippen molar-refractivity contribution in [2.45, 2.75) is 19.0 Å². The van der Waals surface area contributed by atoms with Crippen LogP contribution in [0.25, 0.3) is 10.8 Å². The van der Waals surface area contributed by atoms with Gasteiger partial charge in [0.15, 0.2) is 0 Å². The van der Waals surface area contributed by atoms with Gasteiger partial charge in [0.25, 0.3) is 11.8 Å². The predicted octanol–water partition coefficient (Wildman–Crippen LogP) is 3.70. The normalized spacial score (nSPS) is 11.5. The van der Waals surface area contributed by atoms with E-state index in [0.717, 1.165) is 21.9 Å². The van der Waals surface area contributed by atoms with E-state index in [4.69, 9.17) is 0 Å². The smallest absolute Gasteiger partial charge is 0.270 e. The summed E-state index contributed by atoms with van der Waals surface area (Å²) in [5.74, 6) is -0.747. The number of nitrogens with zero attached hydrogens (tertiary/aromatic N) is 1. The Kier molecular flexibility index (Phi) is 6.85. The van der Waals surface area contributed by atoms with E-state index >= 15 is 0 Å². The summed E-state index contributed by atoms with van der Waals surface area (Å²) in [7, 11) is 0. The minimum atomic E-state index is -0.662. The molecule has 1 unspecified atom stereocenters. The summed E-state index contributed by atoms with van der Waals surface area (Å²) < 4.78 is 0. The second kappa shape index (κ2) is 10.3. The van der Waals surface area contributed by atoms with Crippen molar-refractivity contribution in [3.8, 4) is 0 Å². The van der Waals surface area contributed by atoms with Crippen molar-refractivity contribution in [3.05, 3.63) is 114 Å². The van der Waals surface area contributed by atoms with E-state index in [1.165, 1.54) is 12.3 Å². The number of hydrogen-bond donors (Lipinski definition) is 2. The second-order valence-electron chi connectivity index (χ2n) is 7.66. The van der Waals surface area contributed by atoms with Gasteiger partial charge in [-0.25, -0.2) is 0 Å². The Morgan fingerprint density at radius 3 is 2.36 bits per heavy atom. The van der Waals surface area contributed by atoms with Crippen LogP contribution < -0.4 is 10.6 Å². The summed E-state index contributed by atoms with van der Waals surface area (Å²) in [6, 6.07) is 25.8. The van der Waals surface area contributed by atoms with E-state index in [1.807, 2.05) is 72.8 Å². The van der Waals surface area contributed by atoms with Gasteiger partial charge < -0.3 is 15.4 Å². The lowest BCUT2D eigenvalue weighted by Crippen LogP contribution is -2.38. The fourth-order valence-electron chi connectivity index (χ4n) is 3.63. The molecule has 0 aliphatic carbocycles. The Labute approximate surface area is 191 Å². The van der Waals surface area contributed by atoms with Gasteiger partial charge >= 0.3 is 0 Å². The number of aldehydes is 1. The molecule has 33 heavy (non-hydrogen) atoms. The maximum atomic E-state index is 12.6. The van der Waals surface area contributed by atoms with Crippen LogP contribution in [0.3, 0.4) is 0 Å². The average molecular weight is 437 g/mol. The molecule has 4 aromatic rings. The van der Waals surface area contributed by atoms with Crippen molar-refractivity contribution in [1.29, 1.82) is 0 Å². The lowest BCUT2D eigenvalue weighted by molar-refractivity contribution is -0.109. The van der Waals surface area contributed by atoms with Gasteiger partial charge in [0.2, 0.25) is 0 Å². The molecule has 1 atom stereocenters. The second-order valence-corrected chi connectivity index (χ2v) is 7.66. The number of aromatic nitrogens is 1. The minimum absolute atomic E-state index is 0.139. The van der Waals surface area contributed by atoms with Crippen LogP contribution in [-0.4, -0.2) is 29.1 Å². The summed E-state index contributed by atoms with van der Waals surface area (Å²) in [5.41, 5.74) is 2.45. The molecule has 0 saturated carbocycles. The number of amides is 2. The van der Waals surface area contributed by atoms with Gasteiger partial charge in [0, 0.05) is 12.7 Å². The number of benzene rings is 3. The van der Waals surface area contributed by atoms with E-state index in [1.54, 1.807) is 6.07 Å². The molecule has 6 heteroatoms. The maximum absolute atomic E-state index is 12.6. The monoisotopic (exact) mass is 437 g/mol. The Bertz CT molecular complexity index is 1270. The molecular formula is C27H23N3O3. The van der Waals surface area contributed by atoms with Crippen LogP contribution in [0, 0.1) is 0 Å². The first kappa shape index (κ1) is 21.9. The molecule has 2 N–H and O–H groups in total. The van der Waals surface area contributed by atoms with Crippen LogP contribution in [0.5, 0.6) is 0 Å². The van der Waals surface area contributed by atoms with Crippen molar-refractivity contribution in [2.75, 3.05) is 0 Å². The molecule has 164 valence electrons. The first-order valence-corrected chi connectivity index (χ1v) is 10.6. The van der Waals surface area contributed by atoms with Crippen molar-refractivity contribution in [2.24, 2.45) is 0 Å². The number of hydrogen-bond acceptors (Lipinski definition) is 4. The lowest BCUT2D eigenvalue weighted by atomic mass is 10.0. The maximum Gasteiger partial charge on any atom is 0.270 e. The van der Waals surface area contributed by atoms with Gasteiger partial charge in [0.05, 0.1) is 11.6 Å². The van der Waals surface area contributed by atoms with Crippen LogP contribution in [0.4, 0.5) is 0 Å². The number of fused-ring (bicyclic) bond motifs is 1. The molecule has 1 heterocycles. The van der Waals surface area contributed by atoms with E-state index in [-0.39, 0.29) is 11.6 Å². The van der Waals surface area contributed by atoms with Crippen LogP contribution in [0.15, 0.2) is 91.1 Å². The van der Waals surface area contributed by atoms with E-state index < -0.39 is 11.9 Å². The topological polar surface area (TPSA) is 88.2 Å². The molecule has 0 radical (unpaired) electrons. The van der Waals surface area contributed by atoms with Crippen molar-refractivity contribution < 1.29 is 14.4 Å². The van der Waals surface area contributed by atoms with Gasteiger partial charge in [-0.05, 0) is 40.5 Å². The van der Waals surface area contributed by atoms with Crippen LogP contribution in [-0.2, 0) is 17.8 Å². The summed E-state index contributed by atoms with van der Waals surface area (Å²) in [5, 5.41) is 7.77. The highest BCUT2D eigenvalue weighted by Crippen LogP contribution is 2.18. The predicted molar refractivity (Wildman–Crippen MR) is 127 cm³/mol. The first-order chi connectivity index (χ1) is 16.1. The van der Waals surface area contributed by atoms with Gasteiger partial charge in [-0.2, -0.15) is 0 Å². The molecule has 0 spiro atoms. The molecule has 0 aliphatic heterocycles. The Morgan fingerprint density at radius 2 is 1.61 bits per heavy atom. The quantitative estimate of drug-likeness (QED) is 0.412. The van der Waals surface area contributed by atoms with Gasteiger partial charge in [0.1, 0.15) is 12.0 Å². The Morgan fingerprint density at radius 1 is 0.848 bits per heavy atom. The highest BCUT2D eigenvalue weighted by Gasteiger charge is 2.15. The van der Waals surface area contributed by atoms with Crippen molar-refractivity contribution in [1.82, 2.24) is 15.6 Å². The average Bonchev–Trinajstić information content (AvgIpc) is 2.87. The molecule has 6 nitrogen and oxygen atoms in total. The molecule has 1 aromatic heterocycles. The number of pyridine rings is 1. The molecule has 0 aliphatic rings. The third-order valence-electron chi connectivity index (χ3n) is 5.36. The largest absolute Gasteiger partial charge is 0.348 e. The van der Waals surface area contributed by atoms with Crippen LogP contribution >= 0.6 is 0 Å². The zero-order valence-corrected chi connectivity index (χ0v) is 17.9.